The molecular formula is C12H13N3OS. The molecule has 2 aromatic heterocycles. The van der Waals surface area contributed by atoms with Crippen LogP contribution in [-0.2, 0) is 11.3 Å². The van der Waals surface area contributed by atoms with Gasteiger partial charge in [0.15, 0.2) is 0 Å². The lowest BCUT2D eigenvalue weighted by atomic mass is 10.2. The van der Waals surface area contributed by atoms with Gasteiger partial charge in [-0.15, -0.1) is 0 Å². The molecule has 0 unspecified atom stereocenters. The van der Waals surface area contributed by atoms with Crippen LogP contribution in [0.5, 0.6) is 0 Å². The Bertz CT molecular complexity index is 563. The maximum atomic E-state index is 5.12. The van der Waals surface area contributed by atoms with E-state index in [0.29, 0.717) is 11.2 Å². The van der Waals surface area contributed by atoms with Gasteiger partial charge in [0.25, 0.3) is 0 Å². The molecule has 0 aliphatic rings. The van der Waals surface area contributed by atoms with Crippen LogP contribution in [0.25, 0.3) is 11.3 Å². The summed E-state index contributed by atoms with van der Waals surface area (Å²) in [6.45, 7) is 2.37. The first-order valence-corrected chi connectivity index (χ1v) is 5.62. The monoisotopic (exact) mass is 247 g/mol. The summed E-state index contributed by atoms with van der Waals surface area (Å²) in [4.78, 5) is 11.6. The minimum Gasteiger partial charge on any atom is -0.377 e. The van der Waals surface area contributed by atoms with Crippen molar-refractivity contribution in [3.05, 3.63) is 40.6 Å². The average molecular weight is 247 g/mol. The normalized spacial score (nSPS) is 10.5. The van der Waals surface area contributed by atoms with Gasteiger partial charge in [0.05, 0.1) is 5.69 Å². The molecule has 88 valence electrons. The van der Waals surface area contributed by atoms with Gasteiger partial charge in [-0.25, -0.2) is 4.98 Å². The Kier molecular flexibility index (Phi) is 3.61. The first kappa shape index (κ1) is 11.9. The number of hydrogen-bond acceptors (Lipinski definition) is 4. The van der Waals surface area contributed by atoms with Crippen LogP contribution in [0, 0.1) is 11.6 Å². The van der Waals surface area contributed by atoms with Crippen molar-refractivity contribution >= 4 is 12.2 Å². The topological polar surface area (TPSA) is 50.8 Å². The van der Waals surface area contributed by atoms with Crippen molar-refractivity contribution in [1.29, 1.82) is 0 Å². The highest BCUT2D eigenvalue weighted by molar-refractivity contribution is 7.71. The maximum Gasteiger partial charge on any atom is 0.134 e. The molecule has 0 saturated heterocycles. The first-order chi connectivity index (χ1) is 8.19. The Labute approximate surface area is 105 Å². The van der Waals surface area contributed by atoms with Gasteiger partial charge in [-0.1, -0.05) is 12.2 Å². The fourth-order valence-electron chi connectivity index (χ4n) is 1.50. The molecule has 0 spiro atoms. The number of aryl methyl sites for hydroxylation is 1. The van der Waals surface area contributed by atoms with Gasteiger partial charge in [-0.3, -0.25) is 4.98 Å². The van der Waals surface area contributed by atoms with Crippen molar-refractivity contribution in [3.8, 4) is 11.3 Å². The third-order valence-electron chi connectivity index (χ3n) is 2.30. The minimum atomic E-state index is 0.413. The number of rotatable bonds is 3. The molecule has 2 aromatic rings. The molecule has 0 atom stereocenters. The predicted molar refractivity (Wildman–Crippen MR) is 68.1 cm³/mol. The van der Waals surface area contributed by atoms with Gasteiger partial charge in [-0.05, 0) is 25.1 Å². The largest absolute Gasteiger partial charge is 0.377 e. The van der Waals surface area contributed by atoms with Crippen LogP contribution in [0.4, 0.5) is 0 Å². The summed E-state index contributed by atoms with van der Waals surface area (Å²) < 4.78 is 5.58. The van der Waals surface area contributed by atoms with E-state index in [1.165, 1.54) is 0 Å². The van der Waals surface area contributed by atoms with Crippen molar-refractivity contribution in [3.63, 3.8) is 0 Å². The Morgan fingerprint density at radius 1 is 1.41 bits per heavy atom. The van der Waals surface area contributed by atoms with Crippen LogP contribution in [0.3, 0.4) is 0 Å². The molecule has 4 nitrogen and oxygen atoms in total. The molecule has 2 heterocycles. The summed E-state index contributed by atoms with van der Waals surface area (Å²) in [5.74, 6) is 0.718. The minimum absolute atomic E-state index is 0.413. The van der Waals surface area contributed by atoms with Gasteiger partial charge >= 0.3 is 0 Å². The van der Waals surface area contributed by atoms with Crippen molar-refractivity contribution in [2.45, 2.75) is 13.5 Å². The van der Waals surface area contributed by atoms with Gasteiger partial charge in [0, 0.05) is 24.6 Å². The van der Waals surface area contributed by atoms with Crippen LogP contribution >= 0.6 is 12.2 Å². The molecular weight excluding hydrogens is 234 g/mol. The molecule has 2 rings (SSSR count). The summed E-state index contributed by atoms with van der Waals surface area (Å²) in [7, 11) is 1.62. The number of methoxy groups -OCH3 is 1. The Morgan fingerprint density at radius 3 is 2.88 bits per heavy atom. The number of pyridine rings is 1. The fourth-order valence-corrected chi connectivity index (χ4v) is 1.72. The highest BCUT2D eigenvalue weighted by atomic mass is 32.1. The molecule has 0 aliphatic heterocycles. The van der Waals surface area contributed by atoms with Crippen LogP contribution in [0.15, 0.2) is 24.4 Å². The zero-order valence-corrected chi connectivity index (χ0v) is 10.5. The third-order valence-corrected chi connectivity index (χ3v) is 2.50. The fraction of sp³-hybridized carbons (Fsp3) is 0.250. The number of nitrogens with zero attached hydrogens (tertiary/aromatic N) is 2. The van der Waals surface area contributed by atoms with E-state index in [9.17, 15) is 0 Å². The zero-order chi connectivity index (χ0) is 12.3. The lowest BCUT2D eigenvalue weighted by Crippen LogP contribution is -1.99. The average Bonchev–Trinajstić information content (AvgIpc) is 2.29. The Morgan fingerprint density at radius 2 is 2.24 bits per heavy atom. The Balaban J connectivity index is 2.44. The van der Waals surface area contributed by atoms with E-state index in [0.717, 1.165) is 22.8 Å². The van der Waals surface area contributed by atoms with E-state index >= 15 is 0 Å². The summed E-state index contributed by atoms with van der Waals surface area (Å²) in [5, 5.41) is 0. The number of H-pyrrole nitrogens is 1. The number of hydrogen-bond donors (Lipinski definition) is 1. The SMILES string of the molecule is COCc1nc(=S)cc(-c2ccc(C)nc2)[nH]1. The lowest BCUT2D eigenvalue weighted by molar-refractivity contribution is 0.177. The highest BCUT2D eigenvalue weighted by Gasteiger charge is 2.02. The van der Waals surface area contributed by atoms with Gasteiger partial charge in [0.1, 0.15) is 17.1 Å². The number of aromatic amines is 1. The molecule has 0 radical (unpaired) electrons. The Hall–Kier alpha value is -1.59. The van der Waals surface area contributed by atoms with Gasteiger partial charge in [-0.2, -0.15) is 0 Å². The van der Waals surface area contributed by atoms with E-state index in [1.54, 1.807) is 7.11 Å². The quantitative estimate of drug-likeness (QED) is 0.847. The molecule has 0 saturated carbocycles. The standard InChI is InChI=1S/C12H13N3OS/c1-8-3-4-9(6-13-8)10-5-12(17)15-11(14-10)7-16-2/h3-6H,7H2,1-2H3,(H,14,15,17). The zero-order valence-electron chi connectivity index (χ0n) is 9.73. The lowest BCUT2D eigenvalue weighted by Gasteiger charge is -2.05. The summed E-state index contributed by atoms with van der Waals surface area (Å²) in [6, 6.07) is 5.78. The second-order valence-corrected chi connectivity index (χ2v) is 4.12. The van der Waals surface area contributed by atoms with Gasteiger partial charge < -0.3 is 9.72 Å². The third kappa shape index (κ3) is 2.95. The molecule has 0 bridgehead atoms. The van der Waals surface area contributed by atoms with E-state index in [1.807, 2.05) is 31.3 Å². The molecule has 0 fully saturated rings. The van der Waals surface area contributed by atoms with Crippen LogP contribution in [-0.4, -0.2) is 22.1 Å². The molecule has 17 heavy (non-hydrogen) atoms. The highest BCUT2D eigenvalue weighted by Crippen LogP contribution is 2.16. The molecule has 0 aromatic carbocycles. The smallest absolute Gasteiger partial charge is 0.134 e. The van der Waals surface area contributed by atoms with Crippen molar-refractivity contribution in [1.82, 2.24) is 15.0 Å². The van der Waals surface area contributed by atoms with Crippen LogP contribution in [0.1, 0.15) is 11.5 Å². The second kappa shape index (κ2) is 5.16. The summed E-state index contributed by atoms with van der Waals surface area (Å²) >= 11 is 5.12. The van der Waals surface area contributed by atoms with Crippen molar-refractivity contribution in [2.24, 2.45) is 0 Å². The van der Waals surface area contributed by atoms with E-state index < -0.39 is 0 Å². The van der Waals surface area contributed by atoms with Crippen LogP contribution in [0.2, 0.25) is 0 Å². The summed E-state index contributed by atoms with van der Waals surface area (Å²) in [6.07, 6.45) is 1.81. The summed E-state index contributed by atoms with van der Waals surface area (Å²) in [5.41, 5.74) is 2.88. The molecule has 0 amide bonds. The van der Waals surface area contributed by atoms with E-state index in [-0.39, 0.29) is 0 Å². The van der Waals surface area contributed by atoms with Crippen LogP contribution < -0.4 is 0 Å². The van der Waals surface area contributed by atoms with E-state index in [2.05, 4.69) is 15.0 Å². The first-order valence-electron chi connectivity index (χ1n) is 5.21. The number of nitrogens with one attached hydrogen (secondary N) is 1. The number of ether oxygens (including phenoxy) is 1. The van der Waals surface area contributed by atoms with Crippen molar-refractivity contribution in [2.75, 3.05) is 7.11 Å². The predicted octanol–water partition coefficient (Wildman–Crippen LogP) is 2.66. The molecule has 1 N–H and O–H groups in total. The van der Waals surface area contributed by atoms with E-state index in [4.69, 9.17) is 17.0 Å². The second-order valence-electron chi connectivity index (χ2n) is 3.70. The van der Waals surface area contributed by atoms with Crippen molar-refractivity contribution < 1.29 is 4.74 Å². The molecule has 0 aliphatic carbocycles. The number of aromatic nitrogens is 3. The maximum absolute atomic E-state index is 5.12. The van der Waals surface area contributed by atoms with Gasteiger partial charge in [0.2, 0.25) is 0 Å². The molecule has 5 heteroatoms.